The first kappa shape index (κ1) is 18.6. The molecular formula is C21H19F2N3OS. The Morgan fingerprint density at radius 3 is 2.50 bits per heavy atom. The van der Waals surface area contributed by atoms with Crippen LogP contribution in [0.3, 0.4) is 0 Å². The molecular weight excluding hydrogens is 380 g/mol. The van der Waals surface area contributed by atoms with E-state index in [-0.39, 0.29) is 23.3 Å². The summed E-state index contributed by atoms with van der Waals surface area (Å²) in [5, 5.41) is 5.81. The van der Waals surface area contributed by atoms with Gasteiger partial charge in [0.25, 0.3) is 5.91 Å². The van der Waals surface area contributed by atoms with Crippen LogP contribution in [0, 0.1) is 11.6 Å². The third kappa shape index (κ3) is 4.04. The molecule has 4 rings (SSSR count). The summed E-state index contributed by atoms with van der Waals surface area (Å²) in [4.78, 5) is 19.1. The summed E-state index contributed by atoms with van der Waals surface area (Å²) in [6.07, 6.45) is 1.54. The molecule has 0 radical (unpaired) electrons. The van der Waals surface area contributed by atoms with Crippen molar-refractivity contribution in [3.63, 3.8) is 0 Å². The number of thiazole rings is 1. The predicted octanol–water partition coefficient (Wildman–Crippen LogP) is 4.49. The Hall–Kier alpha value is -2.80. The van der Waals surface area contributed by atoms with Gasteiger partial charge in [-0.15, -0.1) is 11.3 Å². The summed E-state index contributed by atoms with van der Waals surface area (Å²) in [5.41, 5.74) is 1.79. The van der Waals surface area contributed by atoms with E-state index in [1.807, 2.05) is 5.38 Å². The second-order valence-corrected chi connectivity index (χ2v) is 7.57. The number of nitrogens with one attached hydrogen (secondary N) is 1. The highest BCUT2D eigenvalue weighted by molar-refractivity contribution is 7.14. The number of hydrogen-bond acceptors (Lipinski definition) is 4. The maximum absolute atomic E-state index is 13.7. The summed E-state index contributed by atoms with van der Waals surface area (Å²) in [6, 6.07) is 12.3. The van der Waals surface area contributed by atoms with Crippen LogP contribution in [0.1, 0.15) is 23.2 Å². The van der Waals surface area contributed by atoms with Crippen molar-refractivity contribution in [2.45, 2.75) is 18.9 Å². The Morgan fingerprint density at radius 1 is 1.07 bits per heavy atom. The fraction of sp³-hybridized carbons (Fsp3) is 0.238. The zero-order valence-corrected chi connectivity index (χ0v) is 15.9. The van der Waals surface area contributed by atoms with Crippen molar-refractivity contribution in [1.29, 1.82) is 0 Å². The van der Waals surface area contributed by atoms with E-state index < -0.39 is 5.82 Å². The predicted molar refractivity (Wildman–Crippen MR) is 107 cm³/mol. The number of nitrogens with zero attached hydrogens (tertiary/aromatic N) is 2. The van der Waals surface area contributed by atoms with E-state index in [1.165, 1.54) is 24.3 Å². The van der Waals surface area contributed by atoms with Gasteiger partial charge in [0.2, 0.25) is 0 Å². The molecule has 1 aliphatic heterocycles. The Balaban J connectivity index is 1.35. The molecule has 0 saturated carbocycles. The summed E-state index contributed by atoms with van der Waals surface area (Å²) < 4.78 is 26.8. The van der Waals surface area contributed by atoms with Crippen LogP contribution in [0.15, 0.2) is 53.9 Å². The van der Waals surface area contributed by atoms with E-state index >= 15 is 0 Å². The van der Waals surface area contributed by atoms with Gasteiger partial charge in [0.15, 0.2) is 5.13 Å². The zero-order valence-electron chi connectivity index (χ0n) is 15.1. The van der Waals surface area contributed by atoms with Crippen molar-refractivity contribution in [2.24, 2.45) is 0 Å². The average Bonchev–Trinajstić information content (AvgIpc) is 3.19. The number of rotatable bonds is 4. The Labute approximate surface area is 165 Å². The van der Waals surface area contributed by atoms with Crippen molar-refractivity contribution >= 4 is 22.4 Å². The van der Waals surface area contributed by atoms with Crippen LogP contribution in [0.25, 0.3) is 11.3 Å². The van der Waals surface area contributed by atoms with Crippen molar-refractivity contribution in [1.82, 2.24) is 10.3 Å². The third-order valence-electron chi connectivity index (χ3n) is 4.85. The number of piperidine rings is 1. The first-order valence-electron chi connectivity index (χ1n) is 9.12. The molecule has 0 unspecified atom stereocenters. The molecule has 2 heterocycles. The number of carbonyl (C=O) groups excluding carboxylic acids is 1. The summed E-state index contributed by atoms with van der Waals surface area (Å²) in [7, 11) is 0. The summed E-state index contributed by atoms with van der Waals surface area (Å²) in [5.74, 6) is -1.14. The van der Waals surface area contributed by atoms with Gasteiger partial charge in [-0.05, 0) is 49.2 Å². The monoisotopic (exact) mass is 399 g/mol. The van der Waals surface area contributed by atoms with Crippen molar-refractivity contribution in [3.8, 4) is 11.3 Å². The molecule has 1 fully saturated rings. The molecule has 1 saturated heterocycles. The largest absolute Gasteiger partial charge is 0.349 e. The van der Waals surface area contributed by atoms with E-state index in [2.05, 4.69) is 15.2 Å². The summed E-state index contributed by atoms with van der Waals surface area (Å²) in [6.45, 7) is 1.52. The smallest absolute Gasteiger partial charge is 0.254 e. The highest BCUT2D eigenvalue weighted by atomic mass is 32.1. The number of aromatic nitrogens is 1. The minimum Gasteiger partial charge on any atom is -0.349 e. The average molecular weight is 399 g/mol. The zero-order chi connectivity index (χ0) is 19.5. The van der Waals surface area contributed by atoms with Gasteiger partial charge in [0, 0.05) is 30.1 Å². The fourth-order valence-electron chi connectivity index (χ4n) is 3.29. The first-order chi connectivity index (χ1) is 13.6. The van der Waals surface area contributed by atoms with Crippen LogP contribution >= 0.6 is 11.3 Å². The van der Waals surface area contributed by atoms with Crippen LogP contribution in [0.5, 0.6) is 0 Å². The van der Waals surface area contributed by atoms with Crippen molar-refractivity contribution in [3.05, 3.63) is 71.1 Å². The van der Waals surface area contributed by atoms with E-state index in [0.717, 1.165) is 42.3 Å². The number of hydrogen-bond donors (Lipinski definition) is 1. The molecule has 0 aliphatic carbocycles. The molecule has 1 aromatic heterocycles. The normalized spacial score (nSPS) is 14.9. The number of amides is 1. The van der Waals surface area contributed by atoms with Gasteiger partial charge in [-0.2, -0.15) is 0 Å². The molecule has 1 aliphatic rings. The van der Waals surface area contributed by atoms with E-state index in [0.29, 0.717) is 0 Å². The second-order valence-electron chi connectivity index (χ2n) is 6.74. The van der Waals surface area contributed by atoms with Crippen molar-refractivity contribution < 1.29 is 13.6 Å². The first-order valence-corrected chi connectivity index (χ1v) is 10.00. The maximum Gasteiger partial charge on any atom is 0.254 e. The minimum atomic E-state index is -0.506. The lowest BCUT2D eigenvalue weighted by atomic mass is 10.0. The Bertz CT molecular complexity index is 966. The van der Waals surface area contributed by atoms with Gasteiger partial charge >= 0.3 is 0 Å². The maximum atomic E-state index is 13.7. The number of anilines is 1. The molecule has 2 aromatic carbocycles. The number of benzene rings is 2. The second kappa shape index (κ2) is 8.06. The highest BCUT2D eigenvalue weighted by Gasteiger charge is 2.23. The number of carbonyl (C=O) groups is 1. The van der Waals surface area contributed by atoms with Crippen LogP contribution in [-0.4, -0.2) is 30.0 Å². The quantitative estimate of drug-likeness (QED) is 0.703. The van der Waals surface area contributed by atoms with Gasteiger partial charge in [0.1, 0.15) is 11.6 Å². The molecule has 0 bridgehead atoms. The molecule has 0 atom stereocenters. The Kier molecular flexibility index (Phi) is 5.34. The molecule has 1 amide bonds. The molecule has 28 heavy (non-hydrogen) atoms. The van der Waals surface area contributed by atoms with E-state index in [4.69, 9.17) is 0 Å². The lowest BCUT2D eigenvalue weighted by Crippen LogP contribution is -2.44. The van der Waals surface area contributed by atoms with Crippen LogP contribution in [-0.2, 0) is 0 Å². The standard InChI is InChI=1S/C21H19F2N3OS/c22-15-7-5-14(6-8-15)19-13-28-21(25-19)26-11-9-16(10-12-26)24-20(27)17-3-1-2-4-18(17)23/h1-8,13,16H,9-12H2,(H,24,27). The molecule has 1 N–H and O–H groups in total. The number of halogens is 2. The molecule has 144 valence electrons. The van der Waals surface area contributed by atoms with E-state index in [1.54, 1.807) is 35.6 Å². The summed E-state index contributed by atoms with van der Waals surface area (Å²) >= 11 is 1.55. The molecule has 7 heteroatoms. The minimum absolute atomic E-state index is 0.0138. The van der Waals surface area contributed by atoms with Gasteiger partial charge in [-0.25, -0.2) is 13.8 Å². The van der Waals surface area contributed by atoms with Crippen molar-refractivity contribution in [2.75, 3.05) is 18.0 Å². The van der Waals surface area contributed by atoms with Gasteiger partial charge < -0.3 is 10.2 Å². The van der Waals surface area contributed by atoms with Gasteiger partial charge in [0.05, 0.1) is 11.3 Å². The lowest BCUT2D eigenvalue weighted by molar-refractivity contribution is 0.0927. The van der Waals surface area contributed by atoms with Gasteiger partial charge in [-0.1, -0.05) is 12.1 Å². The van der Waals surface area contributed by atoms with Crippen LogP contribution in [0.2, 0.25) is 0 Å². The van der Waals surface area contributed by atoms with Crippen LogP contribution in [0.4, 0.5) is 13.9 Å². The third-order valence-corrected chi connectivity index (χ3v) is 5.75. The topological polar surface area (TPSA) is 45.2 Å². The molecule has 3 aromatic rings. The Morgan fingerprint density at radius 2 is 1.79 bits per heavy atom. The van der Waals surface area contributed by atoms with Gasteiger partial charge in [-0.3, -0.25) is 4.79 Å². The highest BCUT2D eigenvalue weighted by Crippen LogP contribution is 2.29. The van der Waals surface area contributed by atoms with Crippen LogP contribution < -0.4 is 10.2 Å². The SMILES string of the molecule is O=C(NC1CCN(c2nc(-c3ccc(F)cc3)cs2)CC1)c1ccccc1F. The molecule has 0 spiro atoms. The lowest BCUT2D eigenvalue weighted by Gasteiger charge is -2.32. The van der Waals surface area contributed by atoms with E-state index in [9.17, 15) is 13.6 Å². The fourth-order valence-corrected chi connectivity index (χ4v) is 4.17. The molecule has 4 nitrogen and oxygen atoms in total.